The monoisotopic (exact) mass is 234 g/mol. The van der Waals surface area contributed by atoms with Gasteiger partial charge in [-0.25, -0.2) is 13.1 Å². The summed E-state index contributed by atoms with van der Waals surface area (Å²) < 4.78 is 25.8. The molecule has 0 unspecified atom stereocenters. The van der Waals surface area contributed by atoms with Gasteiger partial charge in [0.15, 0.2) is 0 Å². The van der Waals surface area contributed by atoms with E-state index in [2.05, 4.69) is 17.0 Å². The van der Waals surface area contributed by atoms with Crippen LogP contribution in [-0.4, -0.2) is 34.3 Å². The number of nitrogens with one attached hydrogen (secondary N) is 2. The predicted molar refractivity (Wildman–Crippen MR) is 62.3 cm³/mol. The van der Waals surface area contributed by atoms with Crippen molar-refractivity contribution in [2.24, 2.45) is 5.41 Å². The Hall–Kier alpha value is -0.130. The number of hydrogen-bond acceptors (Lipinski definition) is 3. The van der Waals surface area contributed by atoms with Gasteiger partial charge in [-0.1, -0.05) is 13.3 Å². The third kappa shape index (κ3) is 4.49. The van der Waals surface area contributed by atoms with Crippen LogP contribution in [0.15, 0.2) is 0 Å². The van der Waals surface area contributed by atoms with E-state index in [-0.39, 0.29) is 11.2 Å². The summed E-state index contributed by atoms with van der Waals surface area (Å²) in [5.41, 5.74) is 0.218. The minimum atomic E-state index is -3.05. The minimum Gasteiger partial charge on any atom is -0.320 e. The van der Waals surface area contributed by atoms with E-state index in [1.807, 2.05) is 7.05 Å². The van der Waals surface area contributed by atoms with E-state index >= 15 is 0 Å². The van der Waals surface area contributed by atoms with E-state index < -0.39 is 10.0 Å². The van der Waals surface area contributed by atoms with Crippen molar-refractivity contribution >= 4 is 10.0 Å². The first-order valence-electron chi connectivity index (χ1n) is 5.59. The molecule has 2 N–H and O–H groups in total. The van der Waals surface area contributed by atoms with Crippen LogP contribution in [0.5, 0.6) is 0 Å². The molecule has 1 saturated carbocycles. The number of hydrogen-bond donors (Lipinski definition) is 2. The van der Waals surface area contributed by atoms with Gasteiger partial charge in [-0.15, -0.1) is 0 Å². The molecule has 1 rings (SSSR count). The van der Waals surface area contributed by atoms with Gasteiger partial charge in [0, 0.05) is 6.54 Å². The second-order valence-electron chi connectivity index (χ2n) is 4.76. The topological polar surface area (TPSA) is 58.2 Å². The summed E-state index contributed by atoms with van der Waals surface area (Å²) in [6, 6.07) is 0. The van der Waals surface area contributed by atoms with E-state index in [1.165, 1.54) is 6.42 Å². The first kappa shape index (κ1) is 12.9. The van der Waals surface area contributed by atoms with Gasteiger partial charge >= 0.3 is 0 Å². The summed E-state index contributed by atoms with van der Waals surface area (Å²) in [6.07, 6.45) is 4.19. The van der Waals surface area contributed by atoms with Crippen LogP contribution in [0.25, 0.3) is 0 Å². The molecule has 90 valence electrons. The van der Waals surface area contributed by atoms with Crippen molar-refractivity contribution in [2.45, 2.75) is 32.6 Å². The normalized spacial score (nSPS) is 19.9. The van der Waals surface area contributed by atoms with Crippen molar-refractivity contribution in [2.75, 3.05) is 25.9 Å². The maximum atomic E-state index is 11.6. The van der Waals surface area contributed by atoms with Crippen LogP contribution in [0.3, 0.4) is 0 Å². The molecule has 0 aliphatic heterocycles. The third-order valence-corrected chi connectivity index (χ3v) is 4.53. The van der Waals surface area contributed by atoms with Crippen LogP contribution in [0.4, 0.5) is 0 Å². The molecule has 15 heavy (non-hydrogen) atoms. The highest BCUT2D eigenvalue weighted by Crippen LogP contribution is 2.39. The van der Waals surface area contributed by atoms with Crippen molar-refractivity contribution in [3.05, 3.63) is 0 Å². The van der Waals surface area contributed by atoms with Crippen LogP contribution < -0.4 is 10.0 Å². The fraction of sp³-hybridized carbons (Fsp3) is 1.00. The second-order valence-corrected chi connectivity index (χ2v) is 6.69. The highest BCUT2D eigenvalue weighted by molar-refractivity contribution is 7.89. The Kier molecular flexibility index (Phi) is 4.55. The maximum Gasteiger partial charge on any atom is 0.211 e. The summed E-state index contributed by atoms with van der Waals surface area (Å²) >= 11 is 0. The van der Waals surface area contributed by atoms with Crippen LogP contribution in [0.1, 0.15) is 32.6 Å². The molecule has 0 radical (unpaired) electrons. The Labute approximate surface area is 92.9 Å². The molecule has 0 spiro atoms. The molecular formula is C10H22N2O2S. The summed E-state index contributed by atoms with van der Waals surface area (Å²) in [7, 11) is -1.22. The van der Waals surface area contributed by atoms with E-state index in [9.17, 15) is 8.42 Å². The number of sulfonamides is 1. The Morgan fingerprint density at radius 3 is 2.47 bits per heavy atom. The van der Waals surface area contributed by atoms with Gasteiger partial charge in [0.2, 0.25) is 10.0 Å². The van der Waals surface area contributed by atoms with Crippen molar-refractivity contribution in [1.82, 2.24) is 10.0 Å². The Balaban J connectivity index is 2.23. The van der Waals surface area contributed by atoms with Gasteiger partial charge in [0.1, 0.15) is 0 Å². The van der Waals surface area contributed by atoms with E-state index in [4.69, 9.17) is 0 Å². The summed E-state index contributed by atoms with van der Waals surface area (Å²) in [5, 5.41) is 2.94. The Morgan fingerprint density at radius 1 is 1.33 bits per heavy atom. The van der Waals surface area contributed by atoms with Crippen LogP contribution in [0.2, 0.25) is 0 Å². The summed E-state index contributed by atoms with van der Waals surface area (Å²) in [5.74, 6) is 0.226. The smallest absolute Gasteiger partial charge is 0.211 e. The molecule has 0 saturated heterocycles. The van der Waals surface area contributed by atoms with Crippen molar-refractivity contribution in [1.29, 1.82) is 0 Å². The molecule has 0 atom stereocenters. The molecule has 1 fully saturated rings. The highest BCUT2D eigenvalue weighted by atomic mass is 32.2. The molecule has 0 aromatic carbocycles. The lowest BCUT2D eigenvalue weighted by atomic mass is 9.71. The van der Waals surface area contributed by atoms with Gasteiger partial charge in [0.25, 0.3) is 0 Å². The maximum absolute atomic E-state index is 11.6. The van der Waals surface area contributed by atoms with Crippen molar-refractivity contribution in [3.63, 3.8) is 0 Å². The SMILES string of the molecule is CNCCCS(=O)(=O)NCC1(C)CCC1. The zero-order valence-electron chi connectivity index (χ0n) is 9.67. The van der Waals surface area contributed by atoms with Crippen molar-refractivity contribution in [3.8, 4) is 0 Å². The van der Waals surface area contributed by atoms with Crippen molar-refractivity contribution < 1.29 is 8.42 Å². The lowest BCUT2D eigenvalue weighted by molar-refractivity contribution is 0.166. The molecule has 1 aliphatic rings. The summed E-state index contributed by atoms with van der Waals surface area (Å²) in [4.78, 5) is 0. The van der Waals surface area contributed by atoms with Gasteiger partial charge in [-0.05, 0) is 38.3 Å². The molecule has 4 nitrogen and oxygen atoms in total. The Morgan fingerprint density at radius 2 is 2.00 bits per heavy atom. The van der Waals surface area contributed by atoms with E-state index in [1.54, 1.807) is 0 Å². The largest absolute Gasteiger partial charge is 0.320 e. The van der Waals surface area contributed by atoms with E-state index in [0.29, 0.717) is 13.0 Å². The first-order valence-corrected chi connectivity index (χ1v) is 7.25. The lowest BCUT2D eigenvalue weighted by Crippen LogP contribution is -2.40. The number of rotatable bonds is 7. The van der Waals surface area contributed by atoms with Gasteiger partial charge in [-0.3, -0.25) is 0 Å². The quantitative estimate of drug-likeness (QED) is 0.638. The lowest BCUT2D eigenvalue weighted by Gasteiger charge is -2.38. The zero-order chi connectivity index (χ0) is 11.4. The van der Waals surface area contributed by atoms with Gasteiger partial charge < -0.3 is 5.32 Å². The fourth-order valence-corrected chi connectivity index (χ4v) is 2.99. The third-order valence-electron chi connectivity index (χ3n) is 3.12. The molecule has 0 aromatic rings. The molecule has 0 aromatic heterocycles. The average Bonchev–Trinajstić information content (AvgIpc) is 2.12. The second kappa shape index (κ2) is 5.27. The van der Waals surface area contributed by atoms with Gasteiger partial charge in [0.05, 0.1) is 5.75 Å². The van der Waals surface area contributed by atoms with Crippen LogP contribution in [0, 0.1) is 5.41 Å². The molecule has 5 heteroatoms. The highest BCUT2D eigenvalue weighted by Gasteiger charge is 2.32. The summed E-state index contributed by atoms with van der Waals surface area (Å²) in [6.45, 7) is 3.50. The fourth-order valence-electron chi connectivity index (χ4n) is 1.75. The molecular weight excluding hydrogens is 212 g/mol. The molecule has 1 aliphatic carbocycles. The standard InChI is InChI=1S/C10H22N2O2S/c1-10(5-3-6-10)9-12-15(13,14)8-4-7-11-2/h11-12H,3-9H2,1-2H3. The minimum absolute atomic E-state index is 0.218. The van der Waals surface area contributed by atoms with E-state index in [0.717, 1.165) is 19.4 Å². The van der Waals surface area contributed by atoms with Crippen LogP contribution in [-0.2, 0) is 10.0 Å². The molecule has 0 heterocycles. The zero-order valence-corrected chi connectivity index (χ0v) is 10.5. The average molecular weight is 234 g/mol. The van der Waals surface area contributed by atoms with Crippen LogP contribution >= 0.6 is 0 Å². The van der Waals surface area contributed by atoms with Gasteiger partial charge in [-0.2, -0.15) is 0 Å². The predicted octanol–water partition coefficient (Wildman–Crippen LogP) is 0.706. The molecule has 0 bridgehead atoms. The Bertz CT molecular complexity index is 284. The first-order chi connectivity index (χ1) is 6.97. The molecule has 0 amide bonds.